The molecular formula is C26H21F3N6O. The number of rotatable bonds is 5. The van der Waals surface area contributed by atoms with Crippen molar-refractivity contribution < 1.29 is 17.9 Å². The van der Waals surface area contributed by atoms with Gasteiger partial charge in [-0.1, -0.05) is 12.1 Å². The van der Waals surface area contributed by atoms with Crippen LogP contribution in [0.15, 0.2) is 42.9 Å². The highest BCUT2D eigenvalue weighted by atomic mass is 19.2. The minimum absolute atomic E-state index is 0.0142. The zero-order chi connectivity index (χ0) is 25.4. The van der Waals surface area contributed by atoms with Crippen LogP contribution in [0.4, 0.5) is 13.2 Å². The van der Waals surface area contributed by atoms with Gasteiger partial charge in [-0.2, -0.15) is 10.4 Å². The fourth-order valence-corrected chi connectivity index (χ4v) is 4.49. The lowest BCUT2D eigenvalue weighted by Gasteiger charge is -2.30. The summed E-state index contributed by atoms with van der Waals surface area (Å²) in [6.07, 6.45) is 7.92. The first kappa shape index (κ1) is 23.4. The first-order valence-corrected chi connectivity index (χ1v) is 11.2. The van der Waals surface area contributed by atoms with Gasteiger partial charge in [0.25, 0.3) is 0 Å². The van der Waals surface area contributed by atoms with Gasteiger partial charge in [-0.05, 0) is 61.2 Å². The van der Waals surface area contributed by atoms with Crippen molar-refractivity contribution in [2.24, 2.45) is 0 Å². The van der Waals surface area contributed by atoms with E-state index >= 15 is 0 Å². The molecule has 10 heteroatoms. The van der Waals surface area contributed by atoms with E-state index in [0.29, 0.717) is 24.5 Å². The molecule has 7 nitrogen and oxygen atoms in total. The number of aromatic nitrogens is 5. The van der Waals surface area contributed by atoms with Gasteiger partial charge < -0.3 is 9.30 Å². The van der Waals surface area contributed by atoms with Gasteiger partial charge in [0, 0.05) is 12.7 Å². The summed E-state index contributed by atoms with van der Waals surface area (Å²) >= 11 is 0. The van der Waals surface area contributed by atoms with Crippen molar-refractivity contribution >= 4 is 12.2 Å². The van der Waals surface area contributed by atoms with E-state index in [2.05, 4.69) is 21.1 Å². The lowest BCUT2D eigenvalue weighted by atomic mass is 9.75. The van der Waals surface area contributed by atoms with Crippen LogP contribution >= 0.6 is 0 Å². The van der Waals surface area contributed by atoms with Gasteiger partial charge >= 0.3 is 0 Å². The summed E-state index contributed by atoms with van der Waals surface area (Å²) in [5.74, 6) is -3.01. The molecule has 0 fully saturated rings. The molecule has 0 aliphatic carbocycles. The number of halogens is 3. The summed E-state index contributed by atoms with van der Waals surface area (Å²) in [5.41, 5.74) is 1.12. The predicted octanol–water partition coefficient (Wildman–Crippen LogP) is 4.97. The maximum absolute atomic E-state index is 14.0. The standard InChI is InChI=1S/C26H21F3N6O/c1-16-13-34(15-31-16)21-6-4-17(10-22(21)36-2)5-7-23-32-25-26(14-30,8-3-9-35(25)33-23)18-11-19(27)24(29)20(28)12-18/h4-7,10-13,15H,3,8-9H2,1-2H3/b7-5+/t26-/m1/s1. The Kier molecular flexibility index (Phi) is 5.84. The van der Waals surface area contributed by atoms with E-state index in [1.165, 1.54) is 0 Å². The average molecular weight is 490 g/mol. The number of aryl methyl sites for hydroxylation is 2. The fourth-order valence-electron chi connectivity index (χ4n) is 4.49. The Balaban J connectivity index is 1.49. The van der Waals surface area contributed by atoms with E-state index in [1.54, 1.807) is 30.3 Å². The summed E-state index contributed by atoms with van der Waals surface area (Å²) in [6, 6.07) is 9.55. The Morgan fingerprint density at radius 2 is 1.92 bits per heavy atom. The van der Waals surface area contributed by atoms with Gasteiger partial charge in [0.15, 0.2) is 29.1 Å². The Morgan fingerprint density at radius 1 is 1.14 bits per heavy atom. The van der Waals surface area contributed by atoms with E-state index in [-0.39, 0.29) is 17.8 Å². The van der Waals surface area contributed by atoms with E-state index in [1.807, 2.05) is 35.9 Å². The van der Waals surface area contributed by atoms with Gasteiger partial charge in [0.2, 0.25) is 0 Å². The number of ether oxygens (including phenoxy) is 1. The molecule has 0 bridgehead atoms. The van der Waals surface area contributed by atoms with Crippen molar-refractivity contribution in [3.05, 3.63) is 88.8 Å². The first-order chi connectivity index (χ1) is 17.3. The summed E-state index contributed by atoms with van der Waals surface area (Å²) in [6.45, 7) is 2.40. The topological polar surface area (TPSA) is 81.5 Å². The second-order valence-corrected chi connectivity index (χ2v) is 8.58. The molecule has 2 aromatic heterocycles. The van der Waals surface area contributed by atoms with Crippen LogP contribution in [-0.4, -0.2) is 31.4 Å². The molecule has 2 aromatic carbocycles. The molecule has 0 saturated carbocycles. The van der Waals surface area contributed by atoms with Crippen LogP contribution in [0.1, 0.15) is 41.3 Å². The molecule has 0 unspecified atom stereocenters. The van der Waals surface area contributed by atoms with Crippen LogP contribution in [0, 0.1) is 35.7 Å². The molecule has 4 aromatic rings. The van der Waals surface area contributed by atoms with E-state index in [4.69, 9.17) is 4.74 Å². The van der Waals surface area contributed by atoms with Crippen molar-refractivity contribution in [1.82, 2.24) is 24.3 Å². The van der Waals surface area contributed by atoms with Crippen molar-refractivity contribution in [2.45, 2.75) is 31.7 Å². The van der Waals surface area contributed by atoms with Crippen LogP contribution in [0.5, 0.6) is 5.75 Å². The molecule has 3 heterocycles. The predicted molar refractivity (Wildman–Crippen MR) is 126 cm³/mol. The maximum Gasteiger partial charge on any atom is 0.194 e. The molecule has 0 N–H and O–H groups in total. The third kappa shape index (κ3) is 3.92. The Morgan fingerprint density at radius 3 is 2.58 bits per heavy atom. The molecular weight excluding hydrogens is 469 g/mol. The minimum atomic E-state index is -1.57. The number of imidazole rings is 1. The summed E-state index contributed by atoms with van der Waals surface area (Å²) < 4.78 is 50.5. The number of benzene rings is 2. The summed E-state index contributed by atoms with van der Waals surface area (Å²) in [4.78, 5) is 8.76. The highest BCUT2D eigenvalue weighted by Gasteiger charge is 2.43. The molecule has 0 radical (unpaired) electrons. The van der Waals surface area contributed by atoms with Crippen LogP contribution in [-0.2, 0) is 12.0 Å². The number of hydrogen-bond acceptors (Lipinski definition) is 5. The van der Waals surface area contributed by atoms with E-state index in [9.17, 15) is 18.4 Å². The maximum atomic E-state index is 14.0. The molecule has 0 amide bonds. The van der Waals surface area contributed by atoms with Gasteiger partial charge in [0.05, 0.1) is 30.9 Å². The number of nitrogens with zero attached hydrogens (tertiary/aromatic N) is 6. The van der Waals surface area contributed by atoms with Crippen LogP contribution in [0.2, 0.25) is 0 Å². The van der Waals surface area contributed by atoms with Gasteiger partial charge in [-0.15, -0.1) is 0 Å². The monoisotopic (exact) mass is 490 g/mol. The lowest BCUT2D eigenvalue weighted by Crippen LogP contribution is -2.35. The van der Waals surface area contributed by atoms with Crippen LogP contribution in [0.3, 0.4) is 0 Å². The molecule has 1 aliphatic heterocycles. The van der Waals surface area contributed by atoms with Gasteiger partial charge in [-0.25, -0.2) is 27.8 Å². The van der Waals surface area contributed by atoms with Gasteiger partial charge in [0.1, 0.15) is 11.2 Å². The zero-order valence-electron chi connectivity index (χ0n) is 19.5. The van der Waals surface area contributed by atoms with Crippen molar-refractivity contribution in [2.75, 3.05) is 7.11 Å². The highest BCUT2D eigenvalue weighted by Crippen LogP contribution is 2.39. The summed E-state index contributed by atoms with van der Waals surface area (Å²) in [7, 11) is 1.59. The number of fused-ring (bicyclic) bond motifs is 1. The van der Waals surface area contributed by atoms with Gasteiger partial charge in [-0.3, -0.25) is 0 Å². The average Bonchev–Trinajstić information content (AvgIpc) is 3.51. The minimum Gasteiger partial charge on any atom is -0.495 e. The molecule has 0 spiro atoms. The zero-order valence-corrected chi connectivity index (χ0v) is 19.5. The molecule has 0 saturated heterocycles. The normalized spacial score (nSPS) is 17.2. The van der Waals surface area contributed by atoms with Crippen molar-refractivity contribution in [3.8, 4) is 17.5 Å². The van der Waals surface area contributed by atoms with E-state index < -0.39 is 22.9 Å². The molecule has 1 aliphatic rings. The Bertz CT molecular complexity index is 1510. The largest absolute Gasteiger partial charge is 0.495 e. The Labute approximate surface area is 205 Å². The van der Waals surface area contributed by atoms with Crippen molar-refractivity contribution in [3.63, 3.8) is 0 Å². The molecule has 182 valence electrons. The molecule has 36 heavy (non-hydrogen) atoms. The second-order valence-electron chi connectivity index (χ2n) is 8.58. The number of methoxy groups -OCH3 is 1. The van der Waals surface area contributed by atoms with Crippen LogP contribution < -0.4 is 4.74 Å². The van der Waals surface area contributed by atoms with Crippen molar-refractivity contribution in [1.29, 1.82) is 5.26 Å². The third-order valence-electron chi connectivity index (χ3n) is 6.28. The Hall–Kier alpha value is -4.39. The lowest BCUT2D eigenvalue weighted by molar-refractivity contribution is 0.385. The highest BCUT2D eigenvalue weighted by molar-refractivity contribution is 5.69. The second kappa shape index (κ2) is 9.00. The van der Waals surface area contributed by atoms with E-state index in [0.717, 1.165) is 29.1 Å². The molecule has 1 atom stereocenters. The number of hydrogen-bond donors (Lipinski definition) is 0. The summed E-state index contributed by atoms with van der Waals surface area (Å²) in [5, 5.41) is 14.6. The third-order valence-corrected chi connectivity index (χ3v) is 6.28. The fraction of sp³-hybridized carbons (Fsp3) is 0.231. The SMILES string of the molecule is COc1cc(/C=C/c2nc3n(n2)CCC[C@@]3(C#N)c2cc(F)c(F)c(F)c2)ccc1-n1cnc(C)c1. The number of nitriles is 1. The van der Waals surface area contributed by atoms with Crippen LogP contribution in [0.25, 0.3) is 17.8 Å². The molecule has 5 rings (SSSR count). The first-order valence-electron chi connectivity index (χ1n) is 11.2. The smallest absolute Gasteiger partial charge is 0.194 e. The quantitative estimate of drug-likeness (QED) is 0.369.